The smallest absolute Gasteiger partial charge is 0.282 e. The number of rotatable bonds is 5. The monoisotopic (exact) mass is 336 g/mol. The third-order valence-electron chi connectivity index (χ3n) is 3.73. The Bertz CT molecular complexity index is 625. The molecule has 1 aromatic carbocycles. The minimum absolute atomic E-state index is 0.0808. The molecule has 24 heavy (non-hydrogen) atoms. The first-order valence-electron chi connectivity index (χ1n) is 7.99. The Hall–Kier alpha value is -2.28. The Morgan fingerprint density at radius 1 is 1.25 bits per heavy atom. The second-order valence-corrected chi connectivity index (χ2v) is 7.10. The fourth-order valence-electron chi connectivity index (χ4n) is 2.32. The minimum Gasteiger partial charge on any atom is -0.454 e. The quantitative estimate of drug-likeness (QED) is 0.716. The van der Waals surface area contributed by atoms with Gasteiger partial charge in [0.05, 0.1) is 7.05 Å². The van der Waals surface area contributed by atoms with Crippen LogP contribution in [0.15, 0.2) is 18.2 Å². The number of ether oxygens (including phenoxy) is 2. The Morgan fingerprint density at radius 3 is 2.58 bits per heavy atom. The van der Waals surface area contributed by atoms with Crippen LogP contribution >= 0.6 is 0 Å². The third kappa shape index (κ3) is 4.86. The van der Waals surface area contributed by atoms with Crippen LogP contribution in [0.3, 0.4) is 0 Å². The van der Waals surface area contributed by atoms with Crippen LogP contribution in [0, 0.1) is 0 Å². The summed E-state index contributed by atoms with van der Waals surface area (Å²) in [6.45, 7) is 8.00. The summed E-state index contributed by atoms with van der Waals surface area (Å²) in [6, 6.07) is 4.88. The van der Waals surface area contributed by atoms with E-state index in [0.29, 0.717) is 17.2 Å². The van der Waals surface area contributed by atoms with Gasteiger partial charge < -0.3 is 25.0 Å². The van der Waals surface area contributed by atoms with Gasteiger partial charge in [0.1, 0.15) is 0 Å². The molecule has 1 aromatic rings. The molecule has 0 saturated heterocycles. The highest BCUT2D eigenvalue weighted by Gasteiger charge is 2.26. The average molecular weight is 336 g/mol. The molecule has 0 saturated carbocycles. The van der Waals surface area contributed by atoms with Crippen LogP contribution in [0.5, 0.6) is 11.5 Å². The first-order chi connectivity index (χ1) is 11.2. The van der Waals surface area contributed by atoms with E-state index in [0.717, 1.165) is 4.90 Å². The van der Waals surface area contributed by atoms with Crippen molar-refractivity contribution in [1.82, 2.24) is 5.32 Å². The van der Waals surface area contributed by atoms with Crippen LogP contribution in [0.2, 0.25) is 0 Å². The Morgan fingerprint density at radius 2 is 1.92 bits per heavy atom. The number of benzene rings is 1. The van der Waals surface area contributed by atoms with Crippen molar-refractivity contribution >= 4 is 17.5 Å². The van der Waals surface area contributed by atoms with Crippen LogP contribution in [0.25, 0.3) is 0 Å². The first-order valence-corrected chi connectivity index (χ1v) is 7.99. The van der Waals surface area contributed by atoms with Crippen LogP contribution in [-0.2, 0) is 9.59 Å². The normalized spacial score (nSPS) is 15.5. The van der Waals surface area contributed by atoms with Gasteiger partial charge in [-0.25, -0.2) is 0 Å². The molecule has 0 radical (unpaired) electrons. The van der Waals surface area contributed by atoms with E-state index in [4.69, 9.17) is 9.47 Å². The topological polar surface area (TPSA) is 81.1 Å². The van der Waals surface area contributed by atoms with Crippen LogP contribution < -0.4 is 25.0 Å². The minimum atomic E-state index is -0.374. The van der Waals surface area contributed by atoms with Crippen LogP contribution in [0.4, 0.5) is 5.69 Å². The van der Waals surface area contributed by atoms with E-state index in [1.165, 1.54) is 0 Å². The molecule has 0 aliphatic carbocycles. The molecule has 7 nitrogen and oxygen atoms in total. The molecule has 7 heteroatoms. The SMILES string of the molecule is C[C@@H](C(=O)Nc1ccc2c(c1)OCO2)[NH+](C)CC(=O)NC(C)(C)C. The maximum Gasteiger partial charge on any atom is 0.282 e. The molecule has 0 fully saturated rings. The van der Waals surface area contributed by atoms with Crippen molar-refractivity contribution < 1.29 is 24.0 Å². The fourth-order valence-corrected chi connectivity index (χ4v) is 2.32. The predicted octanol–water partition coefficient (Wildman–Crippen LogP) is 0.172. The molecule has 2 atom stereocenters. The lowest BCUT2D eigenvalue weighted by Crippen LogP contribution is -3.15. The zero-order chi connectivity index (χ0) is 17.9. The number of carbonyl (C=O) groups is 2. The number of likely N-dealkylation sites (N-methyl/N-ethyl adjacent to an activating group) is 1. The van der Waals surface area contributed by atoms with E-state index >= 15 is 0 Å². The summed E-state index contributed by atoms with van der Waals surface area (Å²) < 4.78 is 10.5. The number of fused-ring (bicyclic) bond motifs is 1. The summed E-state index contributed by atoms with van der Waals surface area (Å²) in [6.07, 6.45) is 0. The molecule has 3 N–H and O–H groups in total. The van der Waals surface area contributed by atoms with Crippen molar-refractivity contribution in [2.75, 3.05) is 25.7 Å². The van der Waals surface area contributed by atoms with Gasteiger partial charge in [0, 0.05) is 17.3 Å². The van der Waals surface area contributed by atoms with Gasteiger partial charge in [-0.2, -0.15) is 0 Å². The number of quaternary nitrogens is 1. The summed E-state index contributed by atoms with van der Waals surface area (Å²) in [4.78, 5) is 25.2. The molecule has 1 aliphatic rings. The van der Waals surface area contributed by atoms with Gasteiger partial charge in [-0.05, 0) is 39.8 Å². The lowest BCUT2D eigenvalue weighted by molar-refractivity contribution is -0.885. The second kappa shape index (κ2) is 7.09. The number of carbonyl (C=O) groups excluding carboxylic acids is 2. The Labute approximate surface area is 142 Å². The summed E-state index contributed by atoms with van der Waals surface area (Å²) in [5.74, 6) is 1.05. The molecule has 132 valence electrons. The number of anilines is 1. The van der Waals surface area contributed by atoms with Gasteiger partial charge in [-0.3, -0.25) is 9.59 Å². The maximum atomic E-state index is 12.4. The van der Waals surface area contributed by atoms with E-state index in [1.54, 1.807) is 25.1 Å². The zero-order valence-corrected chi connectivity index (χ0v) is 14.9. The van der Waals surface area contributed by atoms with Gasteiger partial charge in [0.15, 0.2) is 24.1 Å². The van der Waals surface area contributed by atoms with Crippen molar-refractivity contribution in [3.63, 3.8) is 0 Å². The maximum absolute atomic E-state index is 12.4. The Kier molecular flexibility index (Phi) is 5.33. The summed E-state index contributed by atoms with van der Waals surface area (Å²) in [5, 5.41) is 5.75. The standard InChI is InChI=1S/C17H25N3O4/c1-11(20(5)9-15(21)19-17(2,3)4)16(22)18-12-6-7-13-14(8-12)24-10-23-13/h6-8,11H,9-10H2,1-5H3,(H,18,22)(H,19,21)/p+1/t11-/m0/s1. The molecule has 1 aliphatic heterocycles. The summed E-state index contributed by atoms with van der Waals surface area (Å²) >= 11 is 0. The molecular weight excluding hydrogens is 310 g/mol. The molecule has 0 aromatic heterocycles. The van der Waals surface area contributed by atoms with Crippen molar-refractivity contribution in [2.24, 2.45) is 0 Å². The Balaban J connectivity index is 1.90. The lowest BCUT2D eigenvalue weighted by Gasteiger charge is -2.24. The molecule has 0 spiro atoms. The molecule has 0 bridgehead atoms. The molecule has 1 unspecified atom stereocenters. The van der Waals surface area contributed by atoms with E-state index in [1.807, 2.05) is 27.8 Å². The predicted molar refractivity (Wildman–Crippen MR) is 90.3 cm³/mol. The number of hydrogen-bond donors (Lipinski definition) is 3. The zero-order valence-electron chi connectivity index (χ0n) is 14.9. The molecular formula is C17H26N3O4+. The molecule has 2 amide bonds. The van der Waals surface area contributed by atoms with Crippen molar-refractivity contribution in [2.45, 2.75) is 39.3 Å². The van der Waals surface area contributed by atoms with Crippen molar-refractivity contribution in [3.8, 4) is 11.5 Å². The molecule has 2 rings (SSSR count). The fraction of sp³-hybridized carbons (Fsp3) is 0.529. The largest absolute Gasteiger partial charge is 0.454 e. The van der Waals surface area contributed by atoms with Crippen molar-refractivity contribution in [3.05, 3.63) is 18.2 Å². The number of amides is 2. The second-order valence-electron chi connectivity index (χ2n) is 7.10. The lowest BCUT2D eigenvalue weighted by atomic mass is 10.1. The third-order valence-corrected chi connectivity index (χ3v) is 3.73. The number of hydrogen-bond acceptors (Lipinski definition) is 4. The molecule has 1 heterocycles. The van der Waals surface area contributed by atoms with Gasteiger partial charge >= 0.3 is 0 Å². The average Bonchev–Trinajstić information content (AvgIpc) is 2.91. The summed E-state index contributed by atoms with van der Waals surface area (Å²) in [5.41, 5.74) is 0.359. The van der Waals surface area contributed by atoms with Gasteiger partial charge in [-0.15, -0.1) is 0 Å². The van der Waals surface area contributed by atoms with Crippen LogP contribution in [-0.4, -0.2) is 43.8 Å². The van der Waals surface area contributed by atoms with Gasteiger partial charge in [-0.1, -0.05) is 0 Å². The van der Waals surface area contributed by atoms with E-state index in [2.05, 4.69) is 10.6 Å². The van der Waals surface area contributed by atoms with Gasteiger partial charge in [0.2, 0.25) is 6.79 Å². The highest BCUT2D eigenvalue weighted by Crippen LogP contribution is 2.34. The highest BCUT2D eigenvalue weighted by molar-refractivity contribution is 5.94. The highest BCUT2D eigenvalue weighted by atomic mass is 16.7. The van der Waals surface area contributed by atoms with Crippen molar-refractivity contribution in [1.29, 1.82) is 0 Å². The van der Waals surface area contributed by atoms with E-state index in [-0.39, 0.29) is 36.7 Å². The summed E-state index contributed by atoms with van der Waals surface area (Å²) in [7, 11) is 1.83. The van der Waals surface area contributed by atoms with Crippen LogP contribution in [0.1, 0.15) is 27.7 Å². The van der Waals surface area contributed by atoms with E-state index in [9.17, 15) is 9.59 Å². The first kappa shape index (κ1) is 18.1. The number of nitrogens with one attached hydrogen (secondary N) is 3. The van der Waals surface area contributed by atoms with Gasteiger partial charge in [0.25, 0.3) is 11.8 Å². The van der Waals surface area contributed by atoms with E-state index < -0.39 is 0 Å².